The molecule has 0 atom stereocenters. The molecule has 0 saturated carbocycles. The van der Waals surface area contributed by atoms with Gasteiger partial charge in [-0.3, -0.25) is 4.99 Å². The average molecular weight is 1010 g/mol. The molecule has 0 radical (unpaired) electrons. The summed E-state index contributed by atoms with van der Waals surface area (Å²) in [4.78, 5) is 31.9. The molecular formula is C70H53N7O. The van der Waals surface area contributed by atoms with Crippen molar-refractivity contribution in [3.05, 3.63) is 277 Å². The molecule has 0 aliphatic carbocycles. The fourth-order valence-corrected chi connectivity index (χ4v) is 10.2. The number of aliphatic hydroxyl groups is 1. The molecule has 11 aromatic rings. The average Bonchev–Trinajstić information content (AvgIpc) is 3.71. The Bertz CT molecular complexity index is 4000. The fraction of sp³-hybridized carbons (Fsp3) is 0.0571. The maximum absolute atomic E-state index is 11.8. The number of benzene rings is 10. The third kappa shape index (κ3) is 9.99. The van der Waals surface area contributed by atoms with Crippen molar-refractivity contribution in [2.75, 3.05) is 4.90 Å². The number of anilines is 3. The van der Waals surface area contributed by atoms with Crippen LogP contribution in [0, 0.1) is 0 Å². The molecule has 1 N–H and O–H groups in total. The van der Waals surface area contributed by atoms with Crippen LogP contribution in [0.5, 0.6) is 0 Å². The second kappa shape index (κ2) is 21.3. The lowest BCUT2D eigenvalue weighted by molar-refractivity contribution is 0.0792. The normalized spacial score (nSPS) is 12.3. The Kier molecular flexibility index (Phi) is 13.4. The van der Waals surface area contributed by atoms with Gasteiger partial charge >= 0.3 is 0 Å². The number of rotatable bonds is 11. The van der Waals surface area contributed by atoms with Crippen molar-refractivity contribution < 1.29 is 5.11 Å². The highest BCUT2D eigenvalue weighted by Gasteiger charge is 2.31. The van der Waals surface area contributed by atoms with Crippen molar-refractivity contribution in [1.82, 2.24) is 15.0 Å². The summed E-state index contributed by atoms with van der Waals surface area (Å²) < 4.78 is 0. The fourth-order valence-electron chi connectivity index (χ4n) is 10.2. The van der Waals surface area contributed by atoms with E-state index in [1.807, 2.05) is 141 Å². The number of para-hydroxylation sites is 1. The highest BCUT2D eigenvalue weighted by molar-refractivity contribution is 6.13. The van der Waals surface area contributed by atoms with E-state index in [0.717, 1.165) is 101 Å². The molecule has 8 nitrogen and oxygen atoms in total. The summed E-state index contributed by atoms with van der Waals surface area (Å²) in [7, 11) is 0. The Balaban J connectivity index is 0.994. The molecule has 0 fully saturated rings. The lowest BCUT2D eigenvalue weighted by Crippen LogP contribution is -2.21. The molecule has 0 amide bonds. The minimum Gasteiger partial charge on any atom is -0.386 e. The van der Waals surface area contributed by atoms with Gasteiger partial charge in [-0.25, -0.2) is 24.9 Å². The maximum Gasteiger partial charge on any atom is 0.164 e. The van der Waals surface area contributed by atoms with E-state index in [1.165, 1.54) is 0 Å². The van der Waals surface area contributed by atoms with Crippen molar-refractivity contribution in [2.45, 2.75) is 26.0 Å². The van der Waals surface area contributed by atoms with E-state index in [0.29, 0.717) is 35.7 Å². The first-order valence-electron chi connectivity index (χ1n) is 26.0. The van der Waals surface area contributed by atoms with Gasteiger partial charge in [0.05, 0.1) is 29.2 Å². The quantitative estimate of drug-likeness (QED) is 0.103. The second-order valence-electron chi connectivity index (χ2n) is 19.7. The molecule has 8 heteroatoms. The van der Waals surface area contributed by atoms with Crippen molar-refractivity contribution in [2.24, 2.45) is 15.0 Å². The van der Waals surface area contributed by atoms with E-state index < -0.39 is 5.60 Å². The van der Waals surface area contributed by atoms with E-state index in [-0.39, 0.29) is 0 Å². The number of hydrogen-bond acceptors (Lipinski definition) is 6. The molecule has 78 heavy (non-hydrogen) atoms. The lowest BCUT2D eigenvalue weighted by Gasteiger charge is -2.32. The number of aliphatic imine (C=N–C) groups is 3. The van der Waals surface area contributed by atoms with Crippen molar-refractivity contribution in [3.63, 3.8) is 0 Å². The van der Waals surface area contributed by atoms with Gasteiger partial charge in [0.25, 0.3) is 0 Å². The largest absolute Gasteiger partial charge is 0.386 e. The van der Waals surface area contributed by atoms with E-state index in [9.17, 15) is 5.11 Å². The van der Waals surface area contributed by atoms with Crippen molar-refractivity contribution in [1.29, 1.82) is 0 Å². The number of nitrogens with zero attached hydrogens (tertiary/aromatic N) is 7. The molecule has 374 valence electrons. The summed E-state index contributed by atoms with van der Waals surface area (Å²) in [6, 6.07) is 87.2. The number of aromatic nitrogens is 3. The smallest absolute Gasteiger partial charge is 0.164 e. The topological polar surface area (TPSA) is 99.2 Å². The predicted molar refractivity (Wildman–Crippen MR) is 321 cm³/mol. The minimum absolute atomic E-state index is 0.443. The van der Waals surface area contributed by atoms with Crippen molar-refractivity contribution >= 4 is 35.5 Å². The van der Waals surface area contributed by atoms with Crippen LogP contribution in [-0.2, 0) is 12.1 Å². The Labute approximate surface area is 454 Å². The second-order valence-corrected chi connectivity index (χ2v) is 19.7. The summed E-state index contributed by atoms with van der Waals surface area (Å²) in [5.74, 6) is 2.86. The van der Waals surface area contributed by atoms with Crippen LogP contribution in [0.2, 0.25) is 0 Å². The van der Waals surface area contributed by atoms with E-state index >= 15 is 0 Å². The number of fused-ring (bicyclic) bond motifs is 5. The summed E-state index contributed by atoms with van der Waals surface area (Å²) in [6.07, 6.45) is 0. The first-order valence-corrected chi connectivity index (χ1v) is 26.0. The van der Waals surface area contributed by atoms with Crippen LogP contribution in [0.1, 0.15) is 36.1 Å². The Morgan fingerprint density at radius 3 is 1.44 bits per heavy atom. The molecule has 0 bridgehead atoms. The molecule has 2 heterocycles. The minimum atomic E-state index is -1.16. The Morgan fingerprint density at radius 1 is 0.410 bits per heavy atom. The monoisotopic (exact) mass is 1010 g/mol. The highest BCUT2D eigenvalue weighted by Crippen LogP contribution is 2.53. The van der Waals surface area contributed by atoms with Gasteiger partial charge in [0, 0.05) is 44.5 Å². The lowest BCUT2D eigenvalue weighted by atomic mass is 9.91. The van der Waals surface area contributed by atoms with Crippen LogP contribution in [0.4, 0.5) is 17.1 Å². The van der Waals surface area contributed by atoms with Crippen LogP contribution in [0.3, 0.4) is 0 Å². The maximum atomic E-state index is 11.8. The summed E-state index contributed by atoms with van der Waals surface area (Å²) in [5, 5.41) is 11.8. The molecule has 12 rings (SSSR count). The standard InChI is InChI=1S/C70H53N7O/c1-70(2,78)61-36-18-19-37-64(61)77-62-40-38-53(51-30-20-32-55(42-51)66(72-46-47-22-8-4-9-23-47)73-65(71-3)48-24-10-5-11-25-48)44-59(62)57-34-16-17-35-58(57)60-45-54(39-41-63(60)77)52-31-21-33-56(43-52)69-75-67(49-26-12-6-13-27-49)74-68(76-69)50-28-14-7-15-29-50/h4-45,78H,3,46H2,1-2H3. The zero-order valence-corrected chi connectivity index (χ0v) is 43.2. The molecule has 0 spiro atoms. The van der Waals surface area contributed by atoms with E-state index in [4.69, 9.17) is 24.9 Å². The van der Waals surface area contributed by atoms with Crippen LogP contribution in [-0.4, -0.2) is 38.4 Å². The first-order chi connectivity index (χ1) is 38.3. The zero-order chi connectivity index (χ0) is 53.0. The molecule has 1 aromatic heterocycles. The highest BCUT2D eigenvalue weighted by atomic mass is 16.3. The van der Waals surface area contributed by atoms with Gasteiger partial charge in [-0.2, -0.15) is 0 Å². The third-order valence-corrected chi connectivity index (χ3v) is 14.0. The van der Waals surface area contributed by atoms with Gasteiger partial charge < -0.3 is 10.0 Å². The van der Waals surface area contributed by atoms with Gasteiger partial charge in [0.15, 0.2) is 29.1 Å². The zero-order valence-electron chi connectivity index (χ0n) is 43.2. The molecule has 0 saturated heterocycles. The Hall–Kier alpha value is -10.0. The van der Waals surface area contributed by atoms with Crippen LogP contribution < -0.4 is 4.90 Å². The van der Waals surface area contributed by atoms with E-state index in [1.54, 1.807) is 0 Å². The first kappa shape index (κ1) is 48.9. The molecule has 10 aromatic carbocycles. The van der Waals surface area contributed by atoms with Crippen LogP contribution in [0.15, 0.2) is 270 Å². The molecular weight excluding hydrogens is 955 g/mol. The summed E-state index contributed by atoms with van der Waals surface area (Å²) >= 11 is 0. The van der Waals surface area contributed by atoms with E-state index in [2.05, 4.69) is 144 Å². The SMILES string of the molecule is C=NC(=NC(=NCc1ccccc1)c1cccc(-c2ccc3c(c2)-c2ccccc2-c2cc(-c4cccc(-c5nc(-c6ccccc6)nc(-c6ccccc6)n5)c4)ccc2N3c2ccccc2C(C)(C)O)c1)c1ccccc1. The van der Waals surface area contributed by atoms with Gasteiger partial charge in [-0.05, 0) is 102 Å². The molecule has 1 aliphatic heterocycles. The number of hydrogen-bond donors (Lipinski definition) is 1. The number of amidine groups is 2. The molecule has 0 unspecified atom stereocenters. The van der Waals surface area contributed by atoms with Crippen LogP contribution >= 0.6 is 0 Å². The Morgan fingerprint density at radius 2 is 0.859 bits per heavy atom. The predicted octanol–water partition coefficient (Wildman–Crippen LogP) is 16.6. The van der Waals surface area contributed by atoms with Gasteiger partial charge in [0.2, 0.25) is 0 Å². The summed E-state index contributed by atoms with van der Waals surface area (Å²) in [6.45, 7) is 8.03. The van der Waals surface area contributed by atoms with Crippen molar-refractivity contribution in [3.8, 4) is 78.7 Å². The van der Waals surface area contributed by atoms with Crippen LogP contribution in [0.25, 0.3) is 78.7 Å². The van der Waals surface area contributed by atoms with Gasteiger partial charge in [0.1, 0.15) is 0 Å². The van der Waals surface area contributed by atoms with Gasteiger partial charge in [-0.15, -0.1) is 0 Å². The third-order valence-electron chi connectivity index (χ3n) is 14.0. The molecule has 1 aliphatic rings. The summed E-state index contributed by atoms with van der Waals surface area (Å²) in [5.41, 5.74) is 16.3. The van der Waals surface area contributed by atoms with Gasteiger partial charge in [-0.1, -0.05) is 212 Å².